The summed E-state index contributed by atoms with van der Waals surface area (Å²) in [6.07, 6.45) is 0. The van der Waals surface area contributed by atoms with Crippen molar-refractivity contribution >= 4 is 27.3 Å². The van der Waals surface area contributed by atoms with Gasteiger partial charge in [-0.05, 0) is 55.8 Å². The molecule has 192 valence electrons. The van der Waals surface area contributed by atoms with Crippen molar-refractivity contribution in [2.45, 2.75) is 25.3 Å². The first-order chi connectivity index (χ1) is 17.3. The highest BCUT2D eigenvalue weighted by Gasteiger charge is 2.29. The van der Waals surface area contributed by atoms with Crippen LogP contribution in [0.1, 0.15) is 19.4 Å². The number of rotatable bonds is 12. The average Bonchev–Trinajstić information content (AvgIpc) is 2.92. The third-order valence-corrected chi connectivity index (χ3v) is 7.60. The molecule has 0 saturated carbocycles. The Labute approximate surface area is 213 Å². The molecule has 0 atom stereocenters. The number of hydrogen-bond acceptors (Lipinski definition) is 6. The summed E-state index contributed by atoms with van der Waals surface area (Å²) in [5, 5.41) is 2.83. The summed E-state index contributed by atoms with van der Waals surface area (Å²) in [5.74, 6) is 0.287. The molecule has 1 amide bonds. The molecule has 0 spiro atoms. The van der Waals surface area contributed by atoms with Gasteiger partial charge in [0.15, 0.2) is 0 Å². The molecule has 0 bridgehead atoms. The zero-order valence-electron chi connectivity index (χ0n) is 21.1. The number of nitrogens with zero attached hydrogens (tertiary/aromatic N) is 2. The van der Waals surface area contributed by atoms with Gasteiger partial charge >= 0.3 is 0 Å². The van der Waals surface area contributed by atoms with Crippen LogP contribution in [0.15, 0.2) is 77.7 Å². The Balaban J connectivity index is 1.85. The number of amides is 1. The summed E-state index contributed by atoms with van der Waals surface area (Å²) >= 11 is 0. The highest BCUT2D eigenvalue weighted by atomic mass is 32.2. The lowest BCUT2D eigenvalue weighted by Crippen LogP contribution is -2.40. The summed E-state index contributed by atoms with van der Waals surface area (Å²) in [6.45, 7) is 5.86. The Morgan fingerprint density at radius 3 is 2.14 bits per heavy atom. The topological polar surface area (TPSA) is 88.2 Å². The number of ether oxygens (including phenoxy) is 2. The van der Waals surface area contributed by atoms with E-state index in [1.165, 1.54) is 26.4 Å². The molecule has 0 aliphatic heterocycles. The lowest BCUT2D eigenvalue weighted by molar-refractivity contribution is -0.119. The summed E-state index contributed by atoms with van der Waals surface area (Å²) in [5.41, 5.74) is 2.23. The average molecular weight is 512 g/mol. The second-order valence-electron chi connectivity index (χ2n) is 7.98. The van der Waals surface area contributed by atoms with Crippen molar-refractivity contribution in [2.75, 3.05) is 43.1 Å². The number of carbonyl (C=O) groups is 1. The Hall–Kier alpha value is -3.72. The molecule has 0 aliphatic carbocycles. The standard InChI is InChI=1S/C27H33N3O5S/c1-5-29(6-2)22-14-12-21(13-15-22)19-28-27(31)20-30(36(32,33)24-10-8-7-9-11-24)25-18-23(34-3)16-17-26(25)35-4/h7-18H,5-6,19-20H2,1-4H3,(H,28,31). The minimum absolute atomic E-state index is 0.0645. The van der Waals surface area contributed by atoms with Gasteiger partial charge in [-0.2, -0.15) is 0 Å². The van der Waals surface area contributed by atoms with Gasteiger partial charge in [-0.1, -0.05) is 30.3 Å². The van der Waals surface area contributed by atoms with Crippen LogP contribution in [-0.2, 0) is 21.4 Å². The lowest BCUT2D eigenvalue weighted by Gasteiger charge is -2.26. The van der Waals surface area contributed by atoms with Crippen molar-refractivity contribution in [1.82, 2.24) is 5.32 Å². The van der Waals surface area contributed by atoms with Gasteiger partial charge in [-0.3, -0.25) is 9.10 Å². The van der Waals surface area contributed by atoms with Crippen LogP contribution in [0, 0.1) is 0 Å². The smallest absolute Gasteiger partial charge is 0.264 e. The highest BCUT2D eigenvalue weighted by molar-refractivity contribution is 7.92. The van der Waals surface area contributed by atoms with Crippen LogP contribution in [0.3, 0.4) is 0 Å². The molecule has 0 unspecified atom stereocenters. The monoisotopic (exact) mass is 511 g/mol. The molecule has 0 aromatic heterocycles. The van der Waals surface area contributed by atoms with Crippen LogP contribution in [0.2, 0.25) is 0 Å². The molecule has 3 aromatic rings. The van der Waals surface area contributed by atoms with E-state index in [4.69, 9.17) is 9.47 Å². The van der Waals surface area contributed by atoms with Crippen LogP contribution in [0.4, 0.5) is 11.4 Å². The van der Waals surface area contributed by atoms with E-state index in [-0.39, 0.29) is 17.1 Å². The summed E-state index contributed by atoms with van der Waals surface area (Å²) in [4.78, 5) is 15.3. The third-order valence-electron chi connectivity index (χ3n) is 5.83. The first kappa shape index (κ1) is 26.9. The number of anilines is 2. The minimum atomic E-state index is -4.08. The second-order valence-corrected chi connectivity index (χ2v) is 9.84. The number of carbonyl (C=O) groups excluding carboxylic acids is 1. The molecule has 0 heterocycles. The maximum absolute atomic E-state index is 13.6. The lowest BCUT2D eigenvalue weighted by atomic mass is 10.2. The van der Waals surface area contributed by atoms with E-state index in [2.05, 4.69) is 24.1 Å². The molecule has 3 rings (SSSR count). The number of sulfonamides is 1. The van der Waals surface area contributed by atoms with Crippen molar-refractivity contribution in [3.8, 4) is 11.5 Å². The molecular weight excluding hydrogens is 478 g/mol. The number of nitrogens with one attached hydrogen (secondary N) is 1. The quantitative estimate of drug-likeness (QED) is 0.395. The van der Waals surface area contributed by atoms with E-state index in [9.17, 15) is 13.2 Å². The summed E-state index contributed by atoms with van der Waals surface area (Å²) < 4.78 is 39.0. The van der Waals surface area contributed by atoms with Crippen LogP contribution in [0.5, 0.6) is 11.5 Å². The zero-order valence-corrected chi connectivity index (χ0v) is 21.9. The molecular formula is C27H33N3O5S. The van der Waals surface area contributed by atoms with Gasteiger partial charge < -0.3 is 19.7 Å². The van der Waals surface area contributed by atoms with Crippen molar-refractivity contribution in [3.05, 3.63) is 78.4 Å². The fourth-order valence-electron chi connectivity index (χ4n) is 3.81. The van der Waals surface area contributed by atoms with Crippen LogP contribution >= 0.6 is 0 Å². The molecule has 1 N–H and O–H groups in total. The van der Waals surface area contributed by atoms with Gasteiger partial charge in [0.2, 0.25) is 5.91 Å². The molecule has 0 radical (unpaired) electrons. The first-order valence-electron chi connectivity index (χ1n) is 11.7. The molecule has 3 aromatic carbocycles. The van der Waals surface area contributed by atoms with Crippen LogP contribution < -0.4 is 24.0 Å². The van der Waals surface area contributed by atoms with E-state index in [1.807, 2.05) is 24.3 Å². The Morgan fingerprint density at radius 1 is 0.889 bits per heavy atom. The van der Waals surface area contributed by atoms with E-state index in [0.29, 0.717) is 11.5 Å². The van der Waals surface area contributed by atoms with Gasteiger partial charge in [-0.25, -0.2) is 8.42 Å². The minimum Gasteiger partial charge on any atom is -0.497 e. The van der Waals surface area contributed by atoms with Crippen molar-refractivity contribution in [2.24, 2.45) is 0 Å². The van der Waals surface area contributed by atoms with E-state index < -0.39 is 22.5 Å². The highest BCUT2D eigenvalue weighted by Crippen LogP contribution is 2.35. The molecule has 0 aliphatic rings. The predicted molar refractivity (Wildman–Crippen MR) is 142 cm³/mol. The fourth-order valence-corrected chi connectivity index (χ4v) is 5.26. The van der Waals surface area contributed by atoms with E-state index >= 15 is 0 Å². The Morgan fingerprint density at radius 2 is 1.56 bits per heavy atom. The normalized spacial score (nSPS) is 11.0. The van der Waals surface area contributed by atoms with Gasteiger partial charge in [-0.15, -0.1) is 0 Å². The van der Waals surface area contributed by atoms with Gasteiger partial charge in [0.05, 0.1) is 24.8 Å². The van der Waals surface area contributed by atoms with Crippen LogP contribution in [0.25, 0.3) is 0 Å². The molecule has 36 heavy (non-hydrogen) atoms. The number of hydrogen-bond donors (Lipinski definition) is 1. The maximum atomic E-state index is 13.6. The fraction of sp³-hybridized carbons (Fsp3) is 0.296. The molecule has 0 fully saturated rings. The number of benzene rings is 3. The van der Waals surface area contributed by atoms with Gasteiger partial charge in [0.1, 0.15) is 18.0 Å². The maximum Gasteiger partial charge on any atom is 0.264 e. The van der Waals surface area contributed by atoms with Gasteiger partial charge in [0, 0.05) is 31.4 Å². The molecule has 0 saturated heterocycles. The Bertz CT molecular complexity index is 1240. The Kier molecular flexibility index (Phi) is 9.19. The van der Waals surface area contributed by atoms with Gasteiger partial charge in [0.25, 0.3) is 10.0 Å². The van der Waals surface area contributed by atoms with E-state index in [0.717, 1.165) is 28.6 Å². The van der Waals surface area contributed by atoms with Crippen LogP contribution in [-0.4, -0.2) is 48.2 Å². The molecule has 8 nitrogen and oxygen atoms in total. The third kappa shape index (κ3) is 6.28. The van der Waals surface area contributed by atoms with E-state index in [1.54, 1.807) is 36.4 Å². The predicted octanol–water partition coefficient (Wildman–Crippen LogP) is 4.06. The largest absolute Gasteiger partial charge is 0.497 e. The first-order valence-corrected chi connectivity index (χ1v) is 13.2. The zero-order chi connectivity index (χ0) is 26.1. The van der Waals surface area contributed by atoms with Crippen molar-refractivity contribution in [3.63, 3.8) is 0 Å². The number of methoxy groups -OCH3 is 2. The van der Waals surface area contributed by atoms with Crippen molar-refractivity contribution in [1.29, 1.82) is 0 Å². The SMILES string of the molecule is CCN(CC)c1ccc(CNC(=O)CN(c2cc(OC)ccc2OC)S(=O)(=O)c2ccccc2)cc1. The molecule has 9 heteroatoms. The van der Waals surface area contributed by atoms with Crippen molar-refractivity contribution < 1.29 is 22.7 Å². The summed E-state index contributed by atoms with van der Waals surface area (Å²) in [7, 11) is -1.15. The second kappa shape index (κ2) is 12.3. The summed E-state index contributed by atoms with van der Waals surface area (Å²) in [6, 6.07) is 20.7.